The van der Waals surface area contributed by atoms with E-state index in [-0.39, 0.29) is 17.8 Å². The zero-order valence-electron chi connectivity index (χ0n) is 13.9. The summed E-state index contributed by atoms with van der Waals surface area (Å²) in [7, 11) is 0. The number of halogens is 1. The molecule has 5 heteroatoms. The Kier molecular flexibility index (Phi) is 5.28. The van der Waals surface area contributed by atoms with Crippen LogP contribution in [0.25, 0.3) is 0 Å². The van der Waals surface area contributed by atoms with Gasteiger partial charge >= 0.3 is 0 Å². The normalized spacial score (nSPS) is 22.1. The van der Waals surface area contributed by atoms with Crippen molar-refractivity contribution in [2.45, 2.75) is 32.2 Å². The topological polar surface area (TPSA) is 35.6 Å². The first-order valence-electron chi connectivity index (χ1n) is 8.68. The number of likely N-dealkylation sites (N-methyl/N-ethyl adjacent to an activating group) is 1. The molecule has 1 fully saturated rings. The monoisotopic (exact) mass is 319 g/mol. The van der Waals surface area contributed by atoms with Crippen molar-refractivity contribution in [2.24, 2.45) is 0 Å². The molecule has 2 aliphatic rings. The zero-order valence-corrected chi connectivity index (χ0v) is 13.9. The Balaban J connectivity index is 1.45. The highest BCUT2D eigenvalue weighted by molar-refractivity contribution is 5.76. The summed E-state index contributed by atoms with van der Waals surface area (Å²) >= 11 is 0. The highest BCUT2D eigenvalue weighted by Crippen LogP contribution is 2.32. The molecule has 0 saturated carbocycles. The van der Waals surface area contributed by atoms with E-state index in [0.717, 1.165) is 56.8 Å². The molecule has 0 aromatic heterocycles. The first kappa shape index (κ1) is 16.4. The minimum Gasteiger partial charge on any atom is -0.349 e. The molecule has 1 aliphatic carbocycles. The van der Waals surface area contributed by atoms with Gasteiger partial charge in [-0.1, -0.05) is 19.1 Å². The Bertz CT molecular complexity index is 555. The van der Waals surface area contributed by atoms with Gasteiger partial charge in [-0.15, -0.1) is 0 Å². The van der Waals surface area contributed by atoms with Crippen molar-refractivity contribution in [3.63, 3.8) is 0 Å². The first-order chi connectivity index (χ1) is 11.2. The fourth-order valence-electron chi connectivity index (χ4n) is 3.61. The molecule has 0 bridgehead atoms. The number of nitrogens with zero attached hydrogens (tertiary/aromatic N) is 2. The molecule has 1 N–H and O–H groups in total. The Morgan fingerprint density at radius 2 is 2.00 bits per heavy atom. The third-order valence-electron chi connectivity index (χ3n) is 5.12. The molecular weight excluding hydrogens is 293 g/mol. The highest BCUT2D eigenvalue weighted by atomic mass is 19.1. The van der Waals surface area contributed by atoms with Gasteiger partial charge in [-0.05, 0) is 36.6 Å². The summed E-state index contributed by atoms with van der Waals surface area (Å²) in [5.74, 6) is -0.0712. The third-order valence-corrected chi connectivity index (χ3v) is 5.12. The molecule has 3 rings (SSSR count). The van der Waals surface area contributed by atoms with Crippen molar-refractivity contribution in [3.05, 3.63) is 35.1 Å². The summed E-state index contributed by atoms with van der Waals surface area (Å²) in [4.78, 5) is 17.0. The number of benzene rings is 1. The molecule has 4 nitrogen and oxygen atoms in total. The lowest BCUT2D eigenvalue weighted by Crippen LogP contribution is -2.47. The van der Waals surface area contributed by atoms with Crippen LogP contribution in [-0.4, -0.2) is 55.0 Å². The first-order valence-corrected chi connectivity index (χ1v) is 8.68. The number of nitrogens with one attached hydrogen (secondary N) is 1. The van der Waals surface area contributed by atoms with Crippen LogP contribution >= 0.6 is 0 Å². The molecule has 0 spiro atoms. The number of amides is 1. The van der Waals surface area contributed by atoms with Gasteiger partial charge in [0.25, 0.3) is 0 Å². The molecule has 1 atom stereocenters. The van der Waals surface area contributed by atoms with Crippen molar-refractivity contribution >= 4 is 5.91 Å². The minimum absolute atomic E-state index is 0.0230. The zero-order chi connectivity index (χ0) is 16.2. The van der Waals surface area contributed by atoms with Crippen LogP contribution in [0.5, 0.6) is 0 Å². The van der Waals surface area contributed by atoms with E-state index in [0.29, 0.717) is 12.8 Å². The van der Waals surface area contributed by atoms with Crippen molar-refractivity contribution < 1.29 is 9.18 Å². The van der Waals surface area contributed by atoms with Gasteiger partial charge < -0.3 is 15.1 Å². The quantitative estimate of drug-likeness (QED) is 0.901. The van der Waals surface area contributed by atoms with Gasteiger partial charge in [-0.2, -0.15) is 0 Å². The molecule has 1 aromatic carbocycles. The van der Waals surface area contributed by atoms with Crippen molar-refractivity contribution in [1.29, 1.82) is 0 Å². The van der Waals surface area contributed by atoms with E-state index >= 15 is 0 Å². The van der Waals surface area contributed by atoms with E-state index in [1.807, 2.05) is 6.07 Å². The second kappa shape index (κ2) is 7.41. The second-order valence-electron chi connectivity index (χ2n) is 6.49. The molecule has 1 heterocycles. The molecule has 1 saturated heterocycles. The largest absolute Gasteiger partial charge is 0.349 e. The summed E-state index contributed by atoms with van der Waals surface area (Å²) in [6.07, 6.45) is 2.04. The van der Waals surface area contributed by atoms with E-state index in [1.165, 1.54) is 6.07 Å². The lowest BCUT2D eigenvalue weighted by atomic mass is 10.1. The summed E-state index contributed by atoms with van der Waals surface area (Å²) in [5, 5.41) is 3.08. The summed E-state index contributed by atoms with van der Waals surface area (Å²) < 4.78 is 13.7. The third kappa shape index (κ3) is 3.90. The van der Waals surface area contributed by atoms with Crippen LogP contribution in [0.15, 0.2) is 18.2 Å². The van der Waals surface area contributed by atoms with Crippen LogP contribution in [0.1, 0.15) is 36.9 Å². The van der Waals surface area contributed by atoms with Gasteiger partial charge in [-0.3, -0.25) is 4.79 Å². The Hall–Kier alpha value is -1.46. The average molecular weight is 319 g/mol. The average Bonchev–Trinajstić information content (AvgIpc) is 2.98. The highest BCUT2D eigenvalue weighted by Gasteiger charge is 2.26. The number of rotatable bonds is 5. The predicted molar refractivity (Wildman–Crippen MR) is 88.8 cm³/mol. The van der Waals surface area contributed by atoms with E-state index in [4.69, 9.17) is 0 Å². The van der Waals surface area contributed by atoms with E-state index < -0.39 is 0 Å². The molecule has 23 heavy (non-hydrogen) atoms. The summed E-state index contributed by atoms with van der Waals surface area (Å²) in [5.41, 5.74) is 1.73. The fourth-order valence-corrected chi connectivity index (χ4v) is 3.61. The van der Waals surface area contributed by atoms with Crippen molar-refractivity contribution in [2.75, 3.05) is 39.3 Å². The number of carbonyl (C=O) groups excluding carboxylic acids is 1. The summed E-state index contributed by atoms with van der Waals surface area (Å²) in [6, 6.07) is 5.13. The van der Waals surface area contributed by atoms with Crippen LogP contribution in [0, 0.1) is 5.82 Å². The molecule has 1 aliphatic heterocycles. The van der Waals surface area contributed by atoms with E-state index in [9.17, 15) is 9.18 Å². The maximum atomic E-state index is 13.7. The fraction of sp³-hybridized carbons (Fsp3) is 0.611. The maximum absolute atomic E-state index is 13.7. The Labute approximate surface area is 137 Å². The number of fused-ring (bicyclic) bond motifs is 1. The van der Waals surface area contributed by atoms with Gasteiger partial charge in [0.1, 0.15) is 5.82 Å². The maximum Gasteiger partial charge on any atom is 0.221 e. The molecule has 1 amide bonds. The number of piperazine rings is 1. The van der Waals surface area contributed by atoms with Crippen molar-refractivity contribution in [1.82, 2.24) is 15.1 Å². The van der Waals surface area contributed by atoms with Gasteiger partial charge in [0.2, 0.25) is 5.91 Å². The van der Waals surface area contributed by atoms with Gasteiger partial charge in [0.15, 0.2) is 0 Å². The van der Waals surface area contributed by atoms with Crippen LogP contribution < -0.4 is 5.32 Å². The lowest BCUT2D eigenvalue weighted by Gasteiger charge is -2.33. The minimum atomic E-state index is -0.145. The SMILES string of the molecule is CCN1CCN(CCC(=O)N[C@@H]2CCc3c(F)cccc32)CC1. The van der Waals surface area contributed by atoms with Crippen LogP contribution in [0.4, 0.5) is 4.39 Å². The molecular formula is C18H26FN3O. The standard InChI is InChI=1S/C18H26FN3O/c1-2-21-10-12-22(13-11-21)9-8-18(23)20-17-7-6-14-15(17)4-3-5-16(14)19/h3-5,17H,2,6-13H2,1H3,(H,20,23)/t17-/m1/s1. The number of hydrogen-bond acceptors (Lipinski definition) is 3. The Morgan fingerprint density at radius 1 is 1.26 bits per heavy atom. The van der Waals surface area contributed by atoms with E-state index in [1.54, 1.807) is 6.07 Å². The number of hydrogen-bond donors (Lipinski definition) is 1. The number of carbonyl (C=O) groups is 1. The van der Waals surface area contributed by atoms with Crippen LogP contribution in [0.3, 0.4) is 0 Å². The molecule has 0 unspecified atom stereocenters. The summed E-state index contributed by atoms with van der Waals surface area (Å²) in [6.45, 7) is 8.36. The smallest absolute Gasteiger partial charge is 0.221 e. The van der Waals surface area contributed by atoms with Gasteiger partial charge in [-0.25, -0.2) is 4.39 Å². The molecule has 0 radical (unpaired) electrons. The second-order valence-corrected chi connectivity index (χ2v) is 6.49. The predicted octanol–water partition coefficient (Wildman–Crippen LogP) is 1.96. The molecule has 126 valence electrons. The van der Waals surface area contributed by atoms with Crippen LogP contribution in [0.2, 0.25) is 0 Å². The van der Waals surface area contributed by atoms with E-state index in [2.05, 4.69) is 22.0 Å². The van der Waals surface area contributed by atoms with Crippen LogP contribution in [-0.2, 0) is 11.2 Å². The Morgan fingerprint density at radius 3 is 2.74 bits per heavy atom. The lowest BCUT2D eigenvalue weighted by molar-refractivity contribution is -0.122. The van der Waals surface area contributed by atoms with Gasteiger partial charge in [0.05, 0.1) is 6.04 Å². The van der Waals surface area contributed by atoms with Gasteiger partial charge in [0, 0.05) is 39.1 Å². The van der Waals surface area contributed by atoms with Crippen molar-refractivity contribution in [3.8, 4) is 0 Å². The molecule has 1 aromatic rings.